The Kier molecular flexibility index (Phi) is 4.53. The second-order valence-corrected chi connectivity index (χ2v) is 5.80. The average Bonchev–Trinajstić information content (AvgIpc) is 2.54. The van der Waals surface area contributed by atoms with Crippen LogP contribution in [-0.2, 0) is 4.79 Å². The summed E-state index contributed by atoms with van der Waals surface area (Å²) in [7, 11) is 0. The minimum Gasteiger partial charge on any atom is -0.484 e. The van der Waals surface area contributed by atoms with Crippen LogP contribution in [0.2, 0.25) is 5.02 Å². The van der Waals surface area contributed by atoms with Crippen molar-refractivity contribution in [2.24, 2.45) is 0 Å². The Balaban J connectivity index is 1.69. The van der Waals surface area contributed by atoms with Crippen LogP contribution in [-0.4, -0.2) is 17.5 Å². The molecule has 0 radical (unpaired) electrons. The third-order valence-corrected chi connectivity index (χ3v) is 3.77. The first-order valence-electron chi connectivity index (χ1n) is 7.33. The molecule has 0 atom stereocenters. The van der Waals surface area contributed by atoms with Gasteiger partial charge >= 0.3 is 0 Å². The second-order valence-electron chi connectivity index (χ2n) is 5.37. The predicted octanol–water partition coefficient (Wildman–Crippen LogP) is 3.51. The van der Waals surface area contributed by atoms with Crippen molar-refractivity contribution in [2.45, 2.75) is 6.92 Å². The van der Waals surface area contributed by atoms with Crippen molar-refractivity contribution in [1.29, 1.82) is 0 Å². The average molecular weight is 343 g/mol. The van der Waals surface area contributed by atoms with Crippen LogP contribution in [0.25, 0.3) is 10.9 Å². The van der Waals surface area contributed by atoms with Crippen LogP contribution in [0.3, 0.4) is 0 Å². The SMILES string of the molecule is Cc1cc(=O)[nH]c2cc(NC(=O)COc3ccc(Cl)cc3)ccc12. The van der Waals surface area contributed by atoms with E-state index in [0.29, 0.717) is 22.0 Å². The number of carbonyl (C=O) groups excluding carboxylic acids is 1. The van der Waals surface area contributed by atoms with E-state index in [-0.39, 0.29) is 18.1 Å². The van der Waals surface area contributed by atoms with Crippen LogP contribution in [0.1, 0.15) is 5.56 Å². The summed E-state index contributed by atoms with van der Waals surface area (Å²) >= 11 is 5.79. The van der Waals surface area contributed by atoms with Gasteiger partial charge in [-0.2, -0.15) is 0 Å². The number of anilines is 1. The van der Waals surface area contributed by atoms with Gasteiger partial charge in [-0.1, -0.05) is 17.7 Å². The highest BCUT2D eigenvalue weighted by Crippen LogP contribution is 2.19. The first-order valence-corrected chi connectivity index (χ1v) is 7.71. The van der Waals surface area contributed by atoms with Gasteiger partial charge in [-0.15, -0.1) is 0 Å². The minimum absolute atomic E-state index is 0.121. The molecule has 3 aromatic rings. The van der Waals surface area contributed by atoms with Crippen LogP contribution >= 0.6 is 11.6 Å². The third kappa shape index (κ3) is 3.75. The van der Waals surface area contributed by atoms with Gasteiger partial charge in [0.2, 0.25) is 5.56 Å². The van der Waals surface area contributed by atoms with Gasteiger partial charge in [0.25, 0.3) is 5.91 Å². The van der Waals surface area contributed by atoms with Gasteiger partial charge in [0.1, 0.15) is 5.75 Å². The lowest BCUT2D eigenvalue weighted by molar-refractivity contribution is -0.118. The van der Waals surface area contributed by atoms with Crippen LogP contribution in [0.5, 0.6) is 5.75 Å². The second kappa shape index (κ2) is 6.76. The molecule has 0 bridgehead atoms. The van der Waals surface area contributed by atoms with Crippen molar-refractivity contribution in [1.82, 2.24) is 4.98 Å². The predicted molar refractivity (Wildman–Crippen MR) is 94.9 cm³/mol. The van der Waals surface area contributed by atoms with E-state index in [9.17, 15) is 9.59 Å². The molecule has 2 aromatic carbocycles. The highest BCUT2D eigenvalue weighted by atomic mass is 35.5. The fourth-order valence-corrected chi connectivity index (χ4v) is 2.52. The Labute approximate surface area is 143 Å². The number of fused-ring (bicyclic) bond motifs is 1. The largest absolute Gasteiger partial charge is 0.484 e. The molecule has 2 N–H and O–H groups in total. The maximum Gasteiger partial charge on any atom is 0.262 e. The molecule has 3 rings (SSSR count). The molecule has 0 saturated carbocycles. The first kappa shape index (κ1) is 16.1. The Hall–Kier alpha value is -2.79. The quantitative estimate of drug-likeness (QED) is 0.762. The van der Waals surface area contributed by atoms with E-state index in [1.807, 2.05) is 13.0 Å². The smallest absolute Gasteiger partial charge is 0.262 e. The van der Waals surface area contributed by atoms with Crippen LogP contribution < -0.4 is 15.6 Å². The van der Waals surface area contributed by atoms with Crippen molar-refractivity contribution in [3.8, 4) is 5.75 Å². The van der Waals surface area contributed by atoms with Crippen molar-refractivity contribution in [2.75, 3.05) is 11.9 Å². The molecule has 0 spiro atoms. The molecule has 0 fully saturated rings. The van der Waals surface area contributed by atoms with Crippen molar-refractivity contribution < 1.29 is 9.53 Å². The Morgan fingerprint density at radius 1 is 1.17 bits per heavy atom. The highest BCUT2D eigenvalue weighted by Gasteiger charge is 2.06. The topological polar surface area (TPSA) is 71.2 Å². The Morgan fingerprint density at radius 2 is 1.92 bits per heavy atom. The molecular formula is C18H15ClN2O3. The number of nitrogens with one attached hydrogen (secondary N) is 2. The van der Waals surface area contributed by atoms with Gasteiger partial charge in [-0.3, -0.25) is 9.59 Å². The Bertz CT molecular complexity index is 949. The molecule has 122 valence electrons. The fraction of sp³-hybridized carbons (Fsp3) is 0.111. The van der Waals surface area contributed by atoms with E-state index < -0.39 is 0 Å². The van der Waals surface area contributed by atoms with Gasteiger partial charge < -0.3 is 15.0 Å². The van der Waals surface area contributed by atoms with Gasteiger partial charge in [0.15, 0.2) is 6.61 Å². The van der Waals surface area contributed by atoms with E-state index in [4.69, 9.17) is 16.3 Å². The number of halogens is 1. The number of ether oxygens (including phenoxy) is 1. The lowest BCUT2D eigenvalue weighted by Crippen LogP contribution is -2.20. The molecular weight excluding hydrogens is 328 g/mol. The maximum atomic E-state index is 12.0. The summed E-state index contributed by atoms with van der Waals surface area (Å²) in [6.45, 7) is 1.75. The van der Waals surface area contributed by atoms with Gasteiger partial charge in [0.05, 0.1) is 5.52 Å². The van der Waals surface area contributed by atoms with Gasteiger partial charge in [-0.25, -0.2) is 0 Å². The summed E-state index contributed by atoms with van der Waals surface area (Å²) < 4.78 is 5.39. The summed E-state index contributed by atoms with van der Waals surface area (Å²) in [5.74, 6) is 0.271. The summed E-state index contributed by atoms with van der Waals surface area (Å²) in [6, 6.07) is 13.7. The molecule has 5 nitrogen and oxygen atoms in total. The molecule has 0 aliphatic carbocycles. The monoisotopic (exact) mass is 342 g/mol. The van der Waals surface area contributed by atoms with Crippen LogP contribution in [0, 0.1) is 6.92 Å². The van der Waals surface area contributed by atoms with Gasteiger partial charge in [-0.05, 0) is 48.9 Å². The number of carbonyl (C=O) groups is 1. The van der Waals surface area contributed by atoms with E-state index in [1.54, 1.807) is 42.5 Å². The molecule has 1 heterocycles. The number of aromatic nitrogens is 1. The van der Waals surface area contributed by atoms with Crippen LogP contribution in [0.4, 0.5) is 5.69 Å². The number of pyridine rings is 1. The lowest BCUT2D eigenvalue weighted by Gasteiger charge is -2.09. The fourth-order valence-electron chi connectivity index (χ4n) is 2.39. The van der Waals surface area contributed by atoms with E-state index >= 15 is 0 Å². The number of hydrogen-bond donors (Lipinski definition) is 2. The van der Waals surface area contributed by atoms with Crippen LogP contribution in [0.15, 0.2) is 53.3 Å². The summed E-state index contributed by atoms with van der Waals surface area (Å²) in [6.07, 6.45) is 0. The van der Waals surface area contributed by atoms with E-state index in [0.717, 1.165) is 10.9 Å². The van der Waals surface area contributed by atoms with E-state index in [1.165, 1.54) is 0 Å². The molecule has 6 heteroatoms. The number of hydrogen-bond acceptors (Lipinski definition) is 3. The summed E-state index contributed by atoms with van der Waals surface area (Å²) in [5.41, 5.74) is 1.98. The summed E-state index contributed by atoms with van der Waals surface area (Å²) in [5, 5.41) is 4.28. The molecule has 0 aliphatic heterocycles. The van der Waals surface area contributed by atoms with Gasteiger partial charge in [0, 0.05) is 22.2 Å². The first-order chi connectivity index (χ1) is 11.5. The zero-order valence-corrected chi connectivity index (χ0v) is 13.7. The molecule has 0 saturated heterocycles. The van der Waals surface area contributed by atoms with Crippen molar-refractivity contribution >= 4 is 34.1 Å². The molecule has 24 heavy (non-hydrogen) atoms. The third-order valence-electron chi connectivity index (χ3n) is 3.52. The highest BCUT2D eigenvalue weighted by molar-refractivity contribution is 6.30. The number of benzene rings is 2. The summed E-state index contributed by atoms with van der Waals surface area (Å²) in [4.78, 5) is 26.3. The molecule has 1 aromatic heterocycles. The minimum atomic E-state index is -0.292. The van der Waals surface area contributed by atoms with E-state index in [2.05, 4.69) is 10.3 Å². The zero-order chi connectivity index (χ0) is 17.1. The Morgan fingerprint density at radius 3 is 2.67 bits per heavy atom. The standard InChI is InChI=1S/C18H15ClN2O3/c1-11-8-17(22)21-16-9-13(4-7-15(11)16)20-18(23)10-24-14-5-2-12(19)3-6-14/h2-9H,10H2,1H3,(H,20,23)(H,21,22). The number of amides is 1. The number of aryl methyl sites for hydroxylation is 1. The number of H-pyrrole nitrogens is 1. The van der Waals surface area contributed by atoms with Crippen molar-refractivity contribution in [3.63, 3.8) is 0 Å². The number of rotatable bonds is 4. The normalized spacial score (nSPS) is 10.6. The maximum absolute atomic E-state index is 12.0. The number of aromatic amines is 1. The van der Waals surface area contributed by atoms with Crippen molar-refractivity contribution in [3.05, 3.63) is 69.5 Å². The lowest BCUT2D eigenvalue weighted by atomic mass is 10.1. The zero-order valence-electron chi connectivity index (χ0n) is 12.9. The molecule has 1 amide bonds. The molecule has 0 aliphatic rings. The molecule has 0 unspecified atom stereocenters.